The van der Waals surface area contributed by atoms with E-state index < -0.39 is 5.97 Å². The van der Waals surface area contributed by atoms with Gasteiger partial charge in [0.05, 0.1) is 5.69 Å². The Labute approximate surface area is 105 Å². The van der Waals surface area contributed by atoms with Crippen LogP contribution in [-0.4, -0.2) is 11.1 Å². The number of hydrogen-bond donors (Lipinski definition) is 2. The van der Waals surface area contributed by atoms with Crippen molar-refractivity contribution in [2.24, 2.45) is 0 Å². The molecule has 0 bridgehead atoms. The fraction of sp³-hybridized carbons (Fsp3) is 0.0714. The van der Waals surface area contributed by atoms with Crippen molar-refractivity contribution in [3.8, 4) is 11.5 Å². The minimum absolute atomic E-state index is 0.123. The minimum atomic E-state index is -1.02. The van der Waals surface area contributed by atoms with E-state index in [0.717, 1.165) is 5.56 Å². The number of aryl methyl sites for hydroxylation is 1. The standard InChI is InChI=1S/C14H13NO3/c1-9-5-4-6-10(14(16)17)13(9)18-12-8-3-2-7-11(12)15/h2-8H,15H2,1H3,(H,16,17). The number of rotatable bonds is 3. The zero-order chi connectivity index (χ0) is 13.1. The molecule has 0 aliphatic carbocycles. The first-order valence-corrected chi connectivity index (χ1v) is 5.45. The molecule has 0 unspecified atom stereocenters. The van der Waals surface area contributed by atoms with E-state index in [1.54, 1.807) is 43.3 Å². The predicted octanol–water partition coefficient (Wildman–Crippen LogP) is 3.07. The molecule has 0 atom stereocenters. The SMILES string of the molecule is Cc1cccc(C(=O)O)c1Oc1ccccc1N. The number of carboxylic acid groups (broad SMARTS) is 1. The molecule has 0 heterocycles. The first kappa shape index (κ1) is 12.0. The summed E-state index contributed by atoms with van der Waals surface area (Å²) in [4.78, 5) is 11.1. The van der Waals surface area contributed by atoms with Gasteiger partial charge in [-0.25, -0.2) is 4.79 Å². The van der Waals surface area contributed by atoms with Crippen molar-refractivity contribution >= 4 is 11.7 Å². The highest BCUT2D eigenvalue weighted by Crippen LogP contribution is 2.32. The maximum absolute atomic E-state index is 11.1. The number of benzene rings is 2. The molecule has 0 spiro atoms. The summed E-state index contributed by atoms with van der Waals surface area (Å²) >= 11 is 0. The minimum Gasteiger partial charge on any atom is -0.478 e. The van der Waals surface area contributed by atoms with E-state index in [0.29, 0.717) is 17.2 Å². The summed E-state index contributed by atoms with van der Waals surface area (Å²) in [6, 6.07) is 12.0. The largest absolute Gasteiger partial charge is 0.478 e. The Morgan fingerprint density at radius 2 is 1.89 bits per heavy atom. The molecule has 2 aromatic carbocycles. The summed E-state index contributed by atoms with van der Waals surface area (Å²) in [6.45, 7) is 1.79. The van der Waals surface area contributed by atoms with Crippen molar-refractivity contribution in [2.45, 2.75) is 6.92 Å². The lowest BCUT2D eigenvalue weighted by atomic mass is 10.1. The third-order valence-electron chi connectivity index (χ3n) is 2.57. The van der Waals surface area contributed by atoms with Gasteiger partial charge in [0.2, 0.25) is 0 Å². The third-order valence-corrected chi connectivity index (χ3v) is 2.57. The second-order valence-electron chi connectivity index (χ2n) is 3.90. The van der Waals surface area contributed by atoms with E-state index in [2.05, 4.69) is 0 Å². The number of nitrogens with two attached hydrogens (primary N) is 1. The van der Waals surface area contributed by atoms with Gasteiger partial charge >= 0.3 is 5.97 Å². The van der Waals surface area contributed by atoms with Gasteiger partial charge in [-0.3, -0.25) is 0 Å². The van der Waals surface area contributed by atoms with Crippen LogP contribution in [0, 0.1) is 6.92 Å². The molecule has 0 radical (unpaired) electrons. The number of aromatic carboxylic acids is 1. The van der Waals surface area contributed by atoms with Crippen molar-refractivity contribution in [3.05, 3.63) is 53.6 Å². The number of carboxylic acids is 1. The molecule has 92 valence electrons. The van der Waals surface area contributed by atoms with E-state index in [4.69, 9.17) is 15.6 Å². The zero-order valence-corrected chi connectivity index (χ0v) is 9.88. The van der Waals surface area contributed by atoms with Crippen LogP contribution in [0.1, 0.15) is 15.9 Å². The fourth-order valence-corrected chi connectivity index (χ4v) is 1.64. The van der Waals surface area contributed by atoms with Crippen molar-refractivity contribution in [1.29, 1.82) is 0 Å². The maximum atomic E-state index is 11.1. The molecule has 0 aliphatic heterocycles. The molecular formula is C14H13NO3. The second-order valence-corrected chi connectivity index (χ2v) is 3.90. The summed E-state index contributed by atoms with van der Waals surface area (Å²) < 4.78 is 5.63. The molecule has 4 heteroatoms. The summed E-state index contributed by atoms with van der Waals surface area (Å²) in [5.41, 5.74) is 7.11. The molecule has 2 aromatic rings. The zero-order valence-electron chi connectivity index (χ0n) is 9.88. The lowest BCUT2D eigenvalue weighted by molar-refractivity contribution is 0.0694. The summed E-state index contributed by atoms with van der Waals surface area (Å²) in [5, 5.41) is 9.13. The number of nitrogen functional groups attached to an aromatic ring is 1. The normalized spacial score (nSPS) is 10.1. The van der Waals surface area contributed by atoms with Crippen LogP contribution >= 0.6 is 0 Å². The smallest absolute Gasteiger partial charge is 0.339 e. The van der Waals surface area contributed by atoms with Crippen molar-refractivity contribution in [3.63, 3.8) is 0 Å². The van der Waals surface area contributed by atoms with Crippen LogP contribution in [0.2, 0.25) is 0 Å². The first-order valence-electron chi connectivity index (χ1n) is 5.45. The Bertz CT molecular complexity index is 593. The monoisotopic (exact) mass is 243 g/mol. The van der Waals surface area contributed by atoms with Crippen molar-refractivity contribution in [2.75, 3.05) is 5.73 Å². The van der Waals surface area contributed by atoms with Gasteiger partial charge in [-0.05, 0) is 30.7 Å². The van der Waals surface area contributed by atoms with Crippen LogP contribution in [-0.2, 0) is 0 Å². The van der Waals surface area contributed by atoms with Crippen molar-refractivity contribution in [1.82, 2.24) is 0 Å². The first-order chi connectivity index (χ1) is 8.59. The maximum Gasteiger partial charge on any atom is 0.339 e. The van der Waals surface area contributed by atoms with Gasteiger partial charge in [-0.15, -0.1) is 0 Å². The predicted molar refractivity (Wildman–Crippen MR) is 69.1 cm³/mol. The summed E-state index contributed by atoms with van der Waals surface area (Å²) in [6.07, 6.45) is 0. The van der Waals surface area contributed by atoms with Gasteiger partial charge in [0.25, 0.3) is 0 Å². The number of hydrogen-bond acceptors (Lipinski definition) is 3. The lowest BCUT2D eigenvalue weighted by Gasteiger charge is -2.12. The molecule has 18 heavy (non-hydrogen) atoms. The number of para-hydroxylation sites is 3. The van der Waals surface area contributed by atoms with E-state index in [1.807, 2.05) is 0 Å². The molecule has 4 nitrogen and oxygen atoms in total. The van der Waals surface area contributed by atoms with E-state index in [9.17, 15) is 4.79 Å². The van der Waals surface area contributed by atoms with Crippen LogP contribution in [0.25, 0.3) is 0 Å². The molecule has 0 aromatic heterocycles. The van der Waals surface area contributed by atoms with Crippen LogP contribution in [0.5, 0.6) is 11.5 Å². The van der Waals surface area contributed by atoms with E-state index in [1.165, 1.54) is 6.07 Å². The van der Waals surface area contributed by atoms with Crippen molar-refractivity contribution < 1.29 is 14.6 Å². The van der Waals surface area contributed by atoms with Gasteiger partial charge in [0, 0.05) is 0 Å². The van der Waals surface area contributed by atoms with Crippen LogP contribution < -0.4 is 10.5 Å². The molecular weight excluding hydrogens is 230 g/mol. The van der Waals surface area contributed by atoms with Crippen LogP contribution in [0.3, 0.4) is 0 Å². The Balaban J connectivity index is 2.46. The van der Waals surface area contributed by atoms with E-state index >= 15 is 0 Å². The molecule has 0 fully saturated rings. The molecule has 0 amide bonds. The number of ether oxygens (including phenoxy) is 1. The van der Waals surface area contributed by atoms with Gasteiger partial charge in [0.1, 0.15) is 17.1 Å². The topological polar surface area (TPSA) is 72.5 Å². The Morgan fingerprint density at radius 3 is 2.56 bits per heavy atom. The lowest BCUT2D eigenvalue weighted by Crippen LogP contribution is -2.02. The average Bonchev–Trinajstić information content (AvgIpc) is 2.34. The quantitative estimate of drug-likeness (QED) is 0.812. The fourth-order valence-electron chi connectivity index (χ4n) is 1.64. The van der Waals surface area contributed by atoms with Gasteiger partial charge in [-0.1, -0.05) is 24.3 Å². The van der Waals surface area contributed by atoms with Crippen LogP contribution in [0.4, 0.5) is 5.69 Å². The van der Waals surface area contributed by atoms with Gasteiger partial charge in [0.15, 0.2) is 0 Å². The molecule has 2 rings (SSSR count). The Morgan fingerprint density at radius 1 is 1.17 bits per heavy atom. The average molecular weight is 243 g/mol. The molecule has 0 aliphatic rings. The summed E-state index contributed by atoms with van der Waals surface area (Å²) in [7, 11) is 0. The Hall–Kier alpha value is -2.49. The number of carbonyl (C=O) groups is 1. The summed E-state index contributed by atoms with van der Waals surface area (Å²) in [5.74, 6) is -0.250. The Kier molecular flexibility index (Phi) is 3.19. The van der Waals surface area contributed by atoms with E-state index in [-0.39, 0.29) is 5.56 Å². The third kappa shape index (κ3) is 2.27. The highest BCUT2D eigenvalue weighted by Gasteiger charge is 2.14. The number of anilines is 1. The van der Waals surface area contributed by atoms with Gasteiger partial charge < -0.3 is 15.6 Å². The highest BCUT2D eigenvalue weighted by molar-refractivity contribution is 5.91. The van der Waals surface area contributed by atoms with Crippen LogP contribution in [0.15, 0.2) is 42.5 Å². The second kappa shape index (κ2) is 4.79. The van der Waals surface area contributed by atoms with Gasteiger partial charge in [-0.2, -0.15) is 0 Å². The molecule has 0 saturated heterocycles. The molecule has 0 saturated carbocycles. The highest BCUT2D eigenvalue weighted by atomic mass is 16.5. The molecule has 3 N–H and O–H groups in total.